The van der Waals surface area contributed by atoms with Gasteiger partial charge in [0.1, 0.15) is 5.75 Å². The van der Waals surface area contributed by atoms with Gasteiger partial charge in [-0.2, -0.15) is 4.39 Å². The Labute approximate surface area is 215 Å². The number of para-hydroxylation sites is 1. The van der Waals surface area contributed by atoms with E-state index >= 15 is 4.39 Å². The van der Waals surface area contributed by atoms with E-state index < -0.39 is 22.8 Å². The molecule has 0 radical (unpaired) electrons. The fourth-order valence-corrected chi connectivity index (χ4v) is 5.70. The zero-order valence-corrected chi connectivity index (χ0v) is 22.0. The van der Waals surface area contributed by atoms with Crippen molar-refractivity contribution in [3.63, 3.8) is 0 Å². The van der Waals surface area contributed by atoms with Crippen LogP contribution in [0.2, 0.25) is 0 Å². The number of ether oxygens (including phenoxy) is 1. The molecule has 2 aromatic heterocycles. The third-order valence-electron chi connectivity index (χ3n) is 7.53. The Morgan fingerprint density at radius 2 is 1.92 bits per heavy atom. The topological polar surface area (TPSA) is 54.5 Å². The van der Waals surface area contributed by atoms with Gasteiger partial charge in [-0.05, 0) is 89.4 Å². The van der Waals surface area contributed by atoms with E-state index in [-0.39, 0.29) is 5.13 Å². The molecule has 1 N–H and O–H groups in total. The number of alkyl halides is 1. The second-order valence-corrected chi connectivity index (χ2v) is 11.4. The number of carbonyl (C=O) groups excluding carboxylic acids is 1. The number of nitrogens with one attached hydrogen (secondary N) is 1. The number of carbonyl (C=O) groups is 1. The summed E-state index contributed by atoms with van der Waals surface area (Å²) < 4.78 is 35.6. The molecule has 0 aliphatic carbocycles. The fraction of sp³-hybridized carbons (Fsp3) is 0.429. The maximum atomic E-state index is 16.6. The number of aromatic nitrogens is 1. The van der Waals surface area contributed by atoms with Gasteiger partial charge >= 0.3 is 6.09 Å². The zero-order valence-electron chi connectivity index (χ0n) is 21.2. The monoisotopic (exact) mass is 513 g/mol. The van der Waals surface area contributed by atoms with Gasteiger partial charge in [0.05, 0.1) is 0 Å². The van der Waals surface area contributed by atoms with Crippen LogP contribution in [0, 0.1) is 17.5 Å². The minimum absolute atomic E-state index is 0.257. The molecule has 4 rings (SSSR count). The van der Waals surface area contributed by atoms with Crippen molar-refractivity contribution in [3.05, 3.63) is 82.1 Å². The molecule has 2 unspecified atom stereocenters. The summed E-state index contributed by atoms with van der Waals surface area (Å²) in [7, 11) is 0. The maximum absolute atomic E-state index is 16.6. The molecule has 1 aliphatic rings. The van der Waals surface area contributed by atoms with Crippen LogP contribution in [0.4, 0.5) is 13.6 Å². The highest BCUT2D eigenvalue weighted by Crippen LogP contribution is 2.48. The molecule has 36 heavy (non-hydrogen) atoms. The molecule has 1 amide bonds. The largest absolute Gasteiger partial charge is 0.415 e. The number of hydrogen-bond acceptors (Lipinski definition) is 5. The Morgan fingerprint density at radius 3 is 2.56 bits per heavy atom. The molecule has 1 saturated heterocycles. The van der Waals surface area contributed by atoms with Crippen LogP contribution in [0.1, 0.15) is 49.7 Å². The Kier molecular flexibility index (Phi) is 7.48. The number of thiophene rings is 1. The Morgan fingerprint density at radius 1 is 1.17 bits per heavy atom. The first-order chi connectivity index (χ1) is 17.0. The van der Waals surface area contributed by atoms with E-state index in [9.17, 15) is 9.18 Å². The molecule has 1 fully saturated rings. The summed E-state index contributed by atoms with van der Waals surface area (Å²) in [5, 5.41) is 2.25. The highest BCUT2D eigenvalue weighted by molar-refractivity contribution is 7.10. The van der Waals surface area contributed by atoms with Gasteiger partial charge in [0.2, 0.25) is 0 Å². The summed E-state index contributed by atoms with van der Waals surface area (Å²) >= 11 is 1.08. The number of aryl methyl sites for hydroxylation is 2. The molecule has 0 bridgehead atoms. The van der Waals surface area contributed by atoms with Crippen molar-refractivity contribution in [2.75, 3.05) is 13.1 Å². The standard InChI is InChI=1S/C28H33F2N3O2S/c1-20-10-11-21(18-31-20)26(2,3)33-17-16-28(19-33,15-14-23-12-13-24(29)36-23)27(4,30)32-25(34)35-22-8-6-5-7-9-22/h5-13,18H,14-17,19H2,1-4H3,(H,32,34). The van der Waals surface area contributed by atoms with Crippen molar-refractivity contribution >= 4 is 17.4 Å². The summed E-state index contributed by atoms with van der Waals surface area (Å²) in [4.78, 5) is 20.2. The Hall–Kier alpha value is -2.84. The maximum Gasteiger partial charge on any atom is 0.415 e. The zero-order chi connectivity index (χ0) is 26.0. The first kappa shape index (κ1) is 26.2. The van der Waals surface area contributed by atoms with Crippen molar-refractivity contribution < 1.29 is 18.3 Å². The molecule has 3 aromatic rings. The second kappa shape index (κ2) is 10.3. The van der Waals surface area contributed by atoms with E-state index in [0.717, 1.165) is 27.5 Å². The van der Waals surface area contributed by atoms with Crippen LogP contribution in [-0.2, 0) is 12.0 Å². The summed E-state index contributed by atoms with van der Waals surface area (Å²) in [5.41, 5.74) is 0.684. The lowest BCUT2D eigenvalue weighted by atomic mass is 9.74. The van der Waals surface area contributed by atoms with Crippen LogP contribution < -0.4 is 10.1 Å². The van der Waals surface area contributed by atoms with Crippen LogP contribution in [0.5, 0.6) is 5.75 Å². The van der Waals surface area contributed by atoms with Gasteiger partial charge in [0, 0.05) is 34.3 Å². The van der Waals surface area contributed by atoms with Crippen LogP contribution >= 0.6 is 11.3 Å². The lowest BCUT2D eigenvalue weighted by Crippen LogP contribution is -2.57. The van der Waals surface area contributed by atoms with Gasteiger partial charge in [-0.25, -0.2) is 9.18 Å². The van der Waals surface area contributed by atoms with Gasteiger partial charge in [0.15, 0.2) is 10.9 Å². The minimum atomic E-state index is -2.06. The lowest BCUT2D eigenvalue weighted by molar-refractivity contribution is -0.0253. The van der Waals surface area contributed by atoms with E-state index in [0.29, 0.717) is 38.1 Å². The van der Waals surface area contributed by atoms with Gasteiger partial charge < -0.3 is 4.74 Å². The number of nitrogens with zero attached hydrogens (tertiary/aromatic N) is 2. The van der Waals surface area contributed by atoms with Crippen LogP contribution in [0.15, 0.2) is 60.8 Å². The molecule has 0 saturated carbocycles. The van der Waals surface area contributed by atoms with E-state index in [4.69, 9.17) is 4.74 Å². The van der Waals surface area contributed by atoms with Crippen LogP contribution in [0.25, 0.3) is 0 Å². The Balaban J connectivity index is 1.57. The first-order valence-electron chi connectivity index (χ1n) is 12.2. The molecule has 1 aliphatic heterocycles. The smallest absolute Gasteiger partial charge is 0.410 e. The van der Waals surface area contributed by atoms with Gasteiger partial charge in [0.25, 0.3) is 0 Å². The predicted octanol–water partition coefficient (Wildman–Crippen LogP) is 6.62. The van der Waals surface area contributed by atoms with E-state index in [1.807, 2.05) is 25.3 Å². The summed E-state index contributed by atoms with van der Waals surface area (Å²) in [6, 6.07) is 15.8. The average molecular weight is 514 g/mol. The molecule has 5 nitrogen and oxygen atoms in total. The molecule has 0 spiro atoms. The predicted molar refractivity (Wildman–Crippen MR) is 138 cm³/mol. The van der Waals surface area contributed by atoms with Gasteiger partial charge in [-0.1, -0.05) is 24.3 Å². The SMILES string of the molecule is Cc1ccc(C(C)(C)N2CCC(CCc3ccc(F)s3)(C(C)(F)NC(=O)Oc3ccccc3)C2)cn1. The van der Waals surface area contributed by atoms with Crippen molar-refractivity contribution in [3.8, 4) is 5.75 Å². The minimum Gasteiger partial charge on any atom is -0.410 e. The van der Waals surface area contributed by atoms with Crippen LogP contribution in [0.3, 0.4) is 0 Å². The van der Waals surface area contributed by atoms with E-state index in [1.54, 1.807) is 30.3 Å². The summed E-state index contributed by atoms with van der Waals surface area (Å²) in [5.74, 6) is -1.72. The first-order valence-corrected chi connectivity index (χ1v) is 13.0. The number of benzene rings is 1. The van der Waals surface area contributed by atoms with Crippen LogP contribution in [-0.4, -0.2) is 34.9 Å². The quantitative estimate of drug-likeness (QED) is 0.344. The number of amides is 1. The molecule has 3 heterocycles. The summed E-state index contributed by atoms with van der Waals surface area (Å²) in [6.07, 6.45) is 2.53. The number of pyridine rings is 1. The highest BCUT2D eigenvalue weighted by Gasteiger charge is 2.55. The number of rotatable bonds is 8. The summed E-state index contributed by atoms with van der Waals surface area (Å²) in [6.45, 7) is 8.64. The number of hydrogen-bond donors (Lipinski definition) is 1. The number of likely N-dealkylation sites (tertiary alicyclic amines) is 1. The fourth-order valence-electron chi connectivity index (χ4n) is 4.98. The molecule has 192 valence electrons. The van der Waals surface area contributed by atoms with Crippen molar-refractivity contribution in [2.24, 2.45) is 5.41 Å². The van der Waals surface area contributed by atoms with Crippen molar-refractivity contribution in [1.29, 1.82) is 0 Å². The second-order valence-electron chi connectivity index (χ2n) is 10.2. The lowest BCUT2D eigenvalue weighted by Gasteiger charge is -2.43. The average Bonchev–Trinajstić information content (AvgIpc) is 3.46. The Bertz CT molecular complexity index is 1180. The van der Waals surface area contributed by atoms with Gasteiger partial charge in [-0.15, -0.1) is 11.3 Å². The van der Waals surface area contributed by atoms with Crippen molar-refractivity contribution in [2.45, 2.75) is 58.3 Å². The third kappa shape index (κ3) is 5.60. The molecule has 8 heteroatoms. The van der Waals surface area contributed by atoms with Crippen molar-refractivity contribution in [1.82, 2.24) is 15.2 Å². The molecule has 1 aromatic carbocycles. The normalized spacial score (nSPS) is 20.2. The van der Waals surface area contributed by atoms with E-state index in [1.165, 1.54) is 13.0 Å². The molecular weight excluding hydrogens is 480 g/mol. The highest BCUT2D eigenvalue weighted by atomic mass is 32.1. The third-order valence-corrected chi connectivity index (χ3v) is 8.46. The molecular formula is C28H33F2N3O2S. The number of halogens is 2. The molecule has 2 atom stereocenters. The van der Waals surface area contributed by atoms with Gasteiger partial charge in [-0.3, -0.25) is 15.2 Å². The van der Waals surface area contributed by atoms with E-state index in [2.05, 4.69) is 35.1 Å².